The zero-order valence-corrected chi connectivity index (χ0v) is 17.4. The van der Waals surface area contributed by atoms with Gasteiger partial charge in [0.2, 0.25) is 5.91 Å². The Labute approximate surface area is 174 Å². The van der Waals surface area contributed by atoms with Crippen molar-refractivity contribution < 1.29 is 23.8 Å². The highest BCUT2D eigenvalue weighted by Crippen LogP contribution is 2.20. The minimum absolute atomic E-state index is 0.145. The van der Waals surface area contributed by atoms with Gasteiger partial charge in [0.05, 0.1) is 25.2 Å². The molecule has 0 aromatic heterocycles. The molecule has 0 radical (unpaired) electrons. The topological polar surface area (TPSA) is 86.2 Å². The molecule has 0 saturated carbocycles. The van der Waals surface area contributed by atoms with Gasteiger partial charge in [-0.25, -0.2) is 10.2 Å². The number of carbonyl (C=O) groups is 2. The number of esters is 1. The number of hydrogen-bond donors (Lipinski definition) is 1. The van der Waals surface area contributed by atoms with Crippen molar-refractivity contribution in [2.75, 3.05) is 19.5 Å². The number of methoxy groups -OCH3 is 1. The highest BCUT2D eigenvalue weighted by atomic mass is 32.2. The van der Waals surface area contributed by atoms with Crippen LogP contribution in [0.15, 0.2) is 58.5 Å². The van der Waals surface area contributed by atoms with E-state index in [4.69, 9.17) is 14.2 Å². The maximum atomic E-state index is 11.9. The van der Waals surface area contributed by atoms with Crippen molar-refractivity contribution in [3.05, 3.63) is 54.1 Å². The number of carbonyl (C=O) groups excluding carboxylic acids is 2. The average Bonchev–Trinajstić information content (AvgIpc) is 2.71. The first-order valence-corrected chi connectivity index (χ1v) is 9.96. The van der Waals surface area contributed by atoms with Crippen LogP contribution in [0.4, 0.5) is 0 Å². The lowest BCUT2D eigenvalue weighted by atomic mass is 10.2. The summed E-state index contributed by atoms with van der Waals surface area (Å²) in [6, 6.07) is 14.4. The van der Waals surface area contributed by atoms with Crippen LogP contribution in [0.3, 0.4) is 0 Å². The van der Waals surface area contributed by atoms with E-state index in [1.54, 1.807) is 45.2 Å². The van der Waals surface area contributed by atoms with Crippen molar-refractivity contribution >= 4 is 29.9 Å². The van der Waals surface area contributed by atoms with Gasteiger partial charge in [-0.05, 0) is 67.9 Å². The first kappa shape index (κ1) is 22.3. The Kier molecular flexibility index (Phi) is 9.04. The largest absolute Gasteiger partial charge is 0.497 e. The third-order valence-corrected chi connectivity index (χ3v) is 4.45. The first-order valence-electron chi connectivity index (χ1n) is 8.97. The van der Waals surface area contributed by atoms with E-state index in [0.717, 1.165) is 16.2 Å². The summed E-state index contributed by atoms with van der Waals surface area (Å²) in [5, 5.41) is 3.94. The third kappa shape index (κ3) is 8.69. The Hall–Kier alpha value is -3.00. The van der Waals surface area contributed by atoms with Gasteiger partial charge in [-0.1, -0.05) is 0 Å². The Morgan fingerprint density at radius 2 is 1.72 bits per heavy atom. The SMILES string of the molecule is COc1ccc(SCC(=O)N/N=C/c2ccc(OCC(=O)OC(C)C)cc2)cc1. The zero-order valence-electron chi connectivity index (χ0n) is 16.6. The minimum Gasteiger partial charge on any atom is -0.497 e. The van der Waals surface area contributed by atoms with Crippen LogP contribution in [0.2, 0.25) is 0 Å². The van der Waals surface area contributed by atoms with Gasteiger partial charge in [0, 0.05) is 4.90 Å². The number of benzene rings is 2. The van der Waals surface area contributed by atoms with E-state index in [-0.39, 0.29) is 24.4 Å². The summed E-state index contributed by atoms with van der Waals surface area (Å²) in [6.07, 6.45) is 1.36. The van der Waals surface area contributed by atoms with Gasteiger partial charge < -0.3 is 14.2 Å². The predicted octanol–water partition coefficient (Wildman–Crippen LogP) is 3.27. The Morgan fingerprint density at radius 1 is 1.07 bits per heavy atom. The molecular formula is C21H24N2O5S. The van der Waals surface area contributed by atoms with Crippen molar-refractivity contribution in [1.82, 2.24) is 5.43 Å². The van der Waals surface area contributed by atoms with Gasteiger partial charge in [-0.2, -0.15) is 5.10 Å². The number of rotatable bonds is 10. The van der Waals surface area contributed by atoms with Gasteiger partial charge in [0.1, 0.15) is 11.5 Å². The van der Waals surface area contributed by atoms with Crippen LogP contribution in [0.5, 0.6) is 11.5 Å². The zero-order chi connectivity index (χ0) is 21.1. The molecule has 29 heavy (non-hydrogen) atoms. The van der Waals surface area contributed by atoms with Crippen molar-refractivity contribution in [1.29, 1.82) is 0 Å². The molecule has 2 aromatic carbocycles. The summed E-state index contributed by atoms with van der Waals surface area (Å²) in [5.41, 5.74) is 3.27. The summed E-state index contributed by atoms with van der Waals surface area (Å²) in [4.78, 5) is 24.3. The van der Waals surface area contributed by atoms with Crippen LogP contribution in [-0.4, -0.2) is 43.7 Å². The standard InChI is InChI=1S/C21H24N2O5S/c1-15(2)28-21(25)13-27-18-6-4-16(5-7-18)12-22-23-20(24)14-29-19-10-8-17(26-3)9-11-19/h4-12,15H,13-14H2,1-3H3,(H,23,24)/b22-12+. The fraction of sp³-hybridized carbons (Fsp3) is 0.286. The number of hydrogen-bond acceptors (Lipinski definition) is 7. The van der Waals surface area contributed by atoms with Crippen LogP contribution in [0.25, 0.3) is 0 Å². The Balaban J connectivity index is 1.72. The van der Waals surface area contributed by atoms with Crippen molar-refractivity contribution in [2.45, 2.75) is 24.8 Å². The molecule has 0 bridgehead atoms. The second kappa shape index (κ2) is 11.8. The van der Waals surface area contributed by atoms with E-state index in [1.807, 2.05) is 24.3 Å². The summed E-state index contributed by atoms with van der Waals surface area (Å²) >= 11 is 1.41. The number of ether oxygens (including phenoxy) is 3. The van der Waals surface area contributed by atoms with Gasteiger partial charge in [-0.3, -0.25) is 4.79 Å². The fourth-order valence-electron chi connectivity index (χ4n) is 2.12. The highest BCUT2D eigenvalue weighted by Gasteiger charge is 2.06. The number of nitrogens with zero attached hydrogens (tertiary/aromatic N) is 1. The molecule has 0 aliphatic carbocycles. The molecule has 0 aliphatic rings. The third-order valence-electron chi connectivity index (χ3n) is 3.44. The van der Waals surface area contributed by atoms with Gasteiger partial charge in [0.15, 0.2) is 6.61 Å². The second-order valence-electron chi connectivity index (χ2n) is 6.15. The summed E-state index contributed by atoms with van der Waals surface area (Å²) in [7, 11) is 1.61. The van der Waals surface area contributed by atoms with Crippen LogP contribution < -0.4 is 14.9 Å². The van der Waals surface area contributed by atoms with Gasteiger partial charge >= 0.3 is 5.97 Å². The molecule has 2 aromatic rings. The fourth-order valence-corrected chi connectivity index (χ4v) is 2.81. The molecule has 0 unspecified atom stereocenters. The van der Waals surface area contributed by atoms with Crippen LogP contribution in [0, 0.1) is 0 Å². The lowest BCUT2D eigenvalue weighted by Gasteiger charge is -2.09. The minimum atomic E-state index is -0.416. The quantitative estimate of drug-likeness (QED) is 0.277. The van der Waals surface area contributed by atoms with Crippen molar-refractivity contribution in [2.24, 2.45) is 5.10 Å². The molecule has 8 heteroatoms. The number of nitrogens with one attached hydrogen (secondary N) is 1. The molecule has 0 spiro atoms. The number of amides is 1. The van der Waals surface area contributed by atoms with Crippen molar-refractivity contribution in [3.8, 4) is 11.5 Å². The van der Waals surface area contributed by atoms with E-state index >= 15 is 0 Å². The monoisotopic (exact) mass is 416 g/mol. The lowest BCUT2D eigenvalue weighted by molar-refractivity contribution is -0.149. The van der Waals surface area contributed by atoms with Crippen molar-refractivity contribution in [3.63, 3.8) is 0 Å². The van der Waals surface area contributed by atoms with Gasteiger partial charge in [-0.15, -0.1) is 11.8 Å². The van der Waals surface area contributed by atoms with E-state index in [2.05, 4.69) is 10.5 Å². The van der Waals surface area contributed by atoms with E-state index in [0.29, 0.717) is 5.75 Å². The molecule has 2 rings (SSSR count). The lowest BCUT2D eigenvalue weighted by Crippen LogP contribution is -2.19. The molecule has 0 saturated heterocycles. The molecular weight excluding hydrogens is 392 g/mol. The molecule has 1 amide bonds. The Morgan fingerprint density at radius 3 is 2.34 bits per heavy atom. The second-order valence-corrected chi connectivity index (χ2v) is 7.20. The number of thioether (sulfide) groups is 1. The Bertz CT molecular complexity index is 820. The maximum Gasteiger partial charge on any atom is 0.344 e. The van der Waals surface area contributed by atoms with E-state index in [1.165, 1.54) is 18.0 Å². The summed E-state index contributed by atoms with van der Waals surface area (Å²) in [6.45, 7) is 3.42. The first-order chi connectivity index (χ1) is 14.0. The van der Waals surface area contributed by atoms with E-state index < -0.39 is 5.97 Å². The molecule has 154 valence electrons. The summed E-state index contributed by atoms with van der Waals surface area (Å²) < 4.78 is 15.5. The molecule has 0 aliphatic heterocycles. The van der Waals surface area contributed by atoms with E-state index in [9.17, 15) is 9.59 Å². The normalized spacial score (nSPS) is 10.8. The molecule has 1 N–H and O–H groups in total. The predicted molar refractivity (Wildman–Crippen MR) is 113 cm³/mol. The van der Waals surface area contributed by atoms with Gasteiger partial charge in [0.25, 0.3) is 0 Å². The number of hydrazone groups is 1. The highest BCUT2D eigenvalue weighted by molar-refractivity contribution is 8.00. The molecule has 0 atom stereocenters. The smallest absolute Gasteiger partial charge is 0.344 e. The molecule has 7 nitrogen and oxygen atoms in total. The maximum absolute atomic E-state index is 11.9. The van der Waals surface area contributed by atoms with Crippen LogP contribution in [-0.2, 0) is 14.3 Å². The molecule has 0 fully saturated rings. The summed E-state index contributed by atoms with van der Waals surface area (Å²) in [5.74, 6) is 0.952. The molecule has 0 heterocycles. The van der Waals surface area contributed by atoms with Crippen LogP contribution >= 0.6 is 11.8 Å². The average molecular weight is 416 g/mol. The van der Waals surface area contributed by atoms with Crippen LogP contribution in [0.1, 0.15) is 19.4 Å².